The number of aliphatic hydroxyl groups is 3. The first-order chi connectivity index (χ1) is 19.6. The molecule has 3 unspecified atom stereocenters. The number of carbonyl (C=O) groups excluding carboxylic acids is 2. The van der Waals surface area contributed by atoms with Crippen molar-refractivity contribution in [3.63, 3.8) is 0 Å². The highest BCUT2D eigenvalue weighted by Gasteiger charge is 2.34. The molecular formula is C25H28N3O13P. The number of aliphatic hydroxyl groups excluding tert-OH is 3. The predicted octanol–water partition coefficient (Wildman–Crippen LogP) is -1.13. The Labute approximate surface area is 236 Å². The number of phosphoric ester groups is 1. The van der Waals surface area contributed by atoms with Crippen molar-refractivity contribution in [2.24, 2.45) is 16.6 Å². The van der Waals surface area contributed by atoms with Crippen LogP contribution in [0.5, 0.6) is 0 Å². The number of aromatic amines is 1. The van der Waals surface area contributed by atoms with Gasteiger partial charge in [-0.25, -0.2) is 9.56 Å². The van der Waals surface area contributed by atoms with E-state index in [1.807, 2.05) is 0 Å². The van der Waals surface area contributed by atoms with Gasteiger partial charge >= 0.3 is 25.7 Å². The minimum atomic E-state index is -4.79. The van der Waals surface area contributed by atoms with Gasteiger partial charge in [-0.2, -0.15) is 0 Å². The van der Waals surface area contributed by atoms with Gasteiger partial charge < -0.3 is 46.0 Å². The van der Waals surface area contributed by atoms with Gasteiger partial charge in [-0.15, -0.1) is 0 Å². The second kappa shape index (κ2) is 14.6. The van der Waals surface area contributed by atoms with Crippen molar-refractivity contribution in [2.45, 2.75) is 25.2 Å². The van der Waals surface area contributed by atoms with Crippen LogP contribution in [-0.4, -0.2) is 82.7 Å². The topological polar surface area (TPSA) is 290 Å². The lowest BCUT2D eigenvalue weighted by molar-refractivity contribution is -0.153. The van der Waals surface area contributed by atoms with Crippen molar-refractivity contribution in [3.05, 3.63) is 70.9 Å². The maximum absolute atomic E-state index is 11.0. The van der Waals surface area contributed by atoms with Crippen LogP contribution in [0.1, 0.15) is 18.6 Å². The van der Waals surface area contributed by atoms with E-state index in [9.17, 15) is 28.8 Å². The Balaban J connectivity index is 0.000000233. The first-order valence-corrected chi connectivity index (χ1v) is 13.3. The van der Waals surface area contributed by atoms with Gasteiger partial charge in [0.1, 0.15) is 30.0 Å². The molecule has 0 fully saturated rings. The molecule has 16 nitrogen and oxygen atoms in total. The number of carboxylic acids is 2. The third-order valence-corrected chi connectivity index (χ3v) is 6.15. The molecule has 2 aromatic carbocycles. The van der Waals surface area contributed by atoms with E-state index >= 15 is 0 Å². The minimum absolute atomic E-state index is 0.249. The van der Waals surface area contributed by atoms with Crippen LogP contribution >= 0.6 is 7.82 Å². The van der Waals surface area contributed by atoms with E-state index in [0.717, 1.165) is 12.4 Å². The van der Waals surface area contributed by atoms with E-state index in [1.165, 1.54) is 6.20 Å². The molecule has 0 aliphatic carbocycles. The average Bonchev–Trinajstić information content (AvgIpc) is 3.47. The summed E-state index contributed by atoms with van der Waals surface area (Å²) in [6, 6.07) is 12.2. The molecule has 0 saturated carbocycles. The van der Waals surface area contributed by atoms with Crippen molar-refractivity contribution >= 4 is 48.1 Å². The van der Waals surface area contributed by atoms with Crippen molar-refractivity contribution in [3.8, 4) is 0 Å². The van der Waals surface area contributed by atoms with Crippen molar-refractivity contribution in [2.75, 3.05) is 6.61 Å². The van der Waals surface area contributed by atoms with Crippen LogP contribution in [0, 0.1) is 5.92 Å². The first-order valence-electron chi connectivity index (χ1n) is 11.8. The van der Waals surface area contributed by atoms with Gasteiger partial charge in [0.05, 0.1) is 12.0 Å². The summed E-state index contributed by atoms with van der Waals surface area (Å²) >= 11 is 0. The zero-order chi connectivity index (χ0) is 31.8. The lowest BCUT2D eigenvalue weighted by Gasteiger charge is -2.21. The molecule has 10 N–H and O–H groups in total. The maximum Gasteiger partial charge on any atom is 0.470 e. The summed E-state index contributed by atoms with van der Waals surface area (Å²) in [6.45, 7) is 0.311. The first kappa shape index (κ1) is 33.9. The second-order valence-corrected chi connectivity index (χ2v) is 9.82. The third kappa shape index (κ3) is 8.86. The van der Waals surface area contributed by atoms with Crippen molar-refractivity contribution in [1.29, 1.82) is 0 Å². The molecule has 3 aromatic rings. The Morgan fingerprint density at radius 2 is 1.64 bits per heavy atom. The Kier molecular flexibility index (Phi) is 11.8. The monoisotopic (exact) mass is 609 g/mol. The molecule has 0 saturated heterocycles. The fourth-order valence-corrected chi connectivity index (χ4v) is 4.23. The molecule has 0 spiro atoms. The molecule has 1 aromatic heterocycles. The van der Waals surface area contributed by atoms with Gasteiger partial charge in [-0.1, -0.05) is 30.3 Å². The summed E-state index contributed by atoms with van der Waals surface area (Å²) in [5.41, 5.74) is 6.07. The quantitative estimate of drug-likeness (QED) is 0.103. The molecule has 226 valence electrons. The number of aromatic nitrogens is 1. The Morgan fingerprint density at radius 1 is 1.05 bits per heavy atom. The number of amides is 1. The van der Waals surface area contributed by atoms with Gasteiger partial charge in [-0.3, -0.25) is 23.7 Å². The molecule has 4 rings (SSSR count). The van der Waals surface area contributed by atoms with Gasteiger partial charge in [0.15, 0.2) is 5.76 Å². The van der Waals surface area contributed by atoms with Gasteiger partial charge in [-0.05, 0) is 25.1 Å². The number of carboxylic acid groups (broad SMARTS) is 2. The number of para-hydroxylation sites is 2. The molecular weight excluding hydrogens is 581 g/mol. The standard InChI is InChI=1S/C11H14NO6P.C8H5NO2.C6H9NO5/c13-6-10(14)11(18-19(15,16)17)8-5-12-9-4-2-1-3-7(8)9;10-7-5-3-1-2-4-6(5)9-8(7)11;1-2(8)3(5(9)10)4(7)6(11)12/h1-5,10-14H,6H2,(H2,15,16,17);1-4H,(H,9,10,11);3-4H,7H2,1H3,(H,9,10)(H,11,12)/t;;3?,4-/m..0/s1. The zero-order valence-electron chi connectivity index (χ0n) is 21.8. The second-order valence-electron chi connectivity index (χ2n) is 8.63. The normalized spacial score (nSPS) is 15.1. The van der Waals surface area contributed by atoms with Crippen LogP contribution in [0.2, 0.25) is 0 Å². The summed E-state index contributed by atoms with van der Waals surface area (Å²) in [6.07, 6.45) is -1.27. The predicted molar refractivity (Wildman–Crippen MR) is 143 cm³/mol. The molecule has 0 bridgehead atoms. The molecule has 1 aliphatic rings. The number of nitrogens with two attached hydrogens (primary N) is 1. The summed E-state index contributed by atoms with van der Waals surface area (Å²) in [5, 5.41) is 46.2. The number of Topliss-reactive ketones (excluding diaryl/α,β-unsaturated/α-hetero) is 1. The Bertz CT molecular complexity index is 1620. The summed E-state index contributed by atoms with van der Waals surface area (Å²) in [7, 11) is -4.79. The van der Waals surface area contributed by atoms with Crippen LogP contribution in [-0.2, 0) is 28.3 Å². The molecule has 42 heavy (non-hydrogen) atoms. The zero-order valence-corrected chi connectivity index (χ0v) is 22.7. The number of benzene rings is 2. The lowest BCUT2D eigenvalue weighted by Crippen LogP contribution is -2.45. The number of phosphoric acid groups is 1. The van der Waals surface area contributed by atoms with Crippen LogP contribution in [0.3, 0.4) is 0 Å². The van der Waals surface area contributed by atoms with E-state index in [0.29, 0.717) is 21.5 Å². The largest absolute Gasteiger partial charge is 0.503 e. The van der Waals surface area contributed by atoms with E-state index < -0.39 is 62.2 Å². The summed E-state index contributed by atoms with van der Waals surface area (Å²) < 4.78 is 15.5. The molecule has 4 atom stereocenters. The third-order valence-electron chi connectivity index (χ3n) is 5.65. The molecule has 17 heteroatoms. The van der Waals surface area contributed by atoms with E-state index in [1.54, 1.807) is 48.5 Å². The number of fused-ring (bicyclic) bond motifs is 2. The van der Waals surface area contributed by atoms with Crippen molar-refractivity contribution in [1.82, 2.24) is 4.98 Å². The van der Waals surface area contributed by atoms with E-state index in [2.05, 4.69) is 14.5 Å². The van der Waals surface area contributed by atoms with Crippen molar-refractivity contribution < 1.29 is 63.6 Å². The number of carbonyl (C=O) groups is 4. The number of rotatable bonds is 9. The molecule has 1 amide bonds. The fourth-order valence-electron chi connectivity index (χ4n) is 3.68. The van der Waals surface area contributed by atoms with Crippen LogP contribution < -0.4 is 16.3 Å². The van der Waals surface area contributed by atoms with Gasteiger partial charge in [0.25, 0.3) is 0 Å². The maximum atomic E-state index is 11.0. The van der Waals surface area contributed by atoms with E-state index in [-0.39, 0.29) is 5.76 Å². The Morgan fingerprint density at radius 3 is 2.14 bits per heavy atom. The highest BCUT2D eigenvalue weighted by Crippen LogP contribution is 2.44. The van der Waals surface area contributed by atoms with Gasteiger partial charge in [0, 0.05) is 27.9 Å². The smallest absolute Gasteiger partial charge is 0.470 e. The fraction of sp³-hybridized carbons (Fsp3) is 0.240. The SMILES string of the molecule is CC(=O)C(C(=O)O)[C@H](N)C(=O)O.O=C1N=c2ccccc2=C1O.O=P(O)(O)OC(c1c[nH]c2ccccc12)C(O)CO. The highest BCUT2D eigenvalue weighted by atomic mass is 31.2. The summed E-state index contributed by atoms with van der Waals surface area (Å²) in [5.74, 6) is -6.25. The number of hydrogen-bond donors (Lipinski definition) is 9. The summed E-state index contributed by atoms with van der Waals surface area (Å²) in [4.78, 5) is 66.2. The number of ketones is 1. The average molecular weight is 609 g/mol. The van der Waals surface area contributed by atoms with Crippen LogP contribution in [0.4, 0.5) is 0 Å². The van der Waals surface area contributed by atoms with E-state index in [4.69, 9.17) is 35.9 Å². The lowest BCUT2D eigenvalue weighted by atomic mass is 9.97. The van der Waals surface area contributed by atoms with Gasteiger partial charge in [0.2, 0.25) is 0 Å². The highest BCUT2D eigenvalue weighted by molar-refractivity contribution is 7.46. The number of aliphatic carboxylic acids is 2. The van der Waals surface area contributed by atoms with Crippen LogP contribution in [0.15, 0.2) is 59.7 Å². The number of nitrogens with one attached hydrogen (secondary N) is 1. The Hall–Kier alpha value is -4.28. The molecule has 2 heterocycles. The molecule has 1 aliphatic heterocycles. The van der Waals surface area contributed by atoms with Crippen LogP contribution in [0.25, 0.3) is 16.7 Å². The number of nitrogens with zero attached hydrogens (tertiary/aromatic N) is 1. The molecule has 0 radical (unpaired) electrons. The number of H-pyrrole nitrogens is 1. The minimum Gasteiger partial charge on any atom is -0.503 e. The number of hydrogen-bond acceptors (Lipinski definition) is 10.